The number of carbonyl (C=O) groups is 3. The van der Waals surface area contributed by atoms with E-state index in [1.54, 1.807) is 24.3 Å². The van der Waals surface area contributed by atoms with E-state index in [4.69, 9.17) is 11.1 Å². The molecule has 2 fully saturated rings. The summed E-state index contributed by atoms with van der Waals surface area (Å²) in [5.74, 6) is -1.44. The van der Waals surface area contributed by atoms with Crippen LogP contribution in [0.15, 0.2) is 48.8 Å². The summed E-state index contributed by atoms with van der Waals surface area (Å²) in [7, 11) is 0. The van der Waals surface area contributed by atoms with Crippen LogP contribution in [0.2, 0.25) is 0 Å². The van der Waals surface area contributed by atoms with E-state index in [1.165, 1.54) is 23.4 Å². The molecule has 0 bridgehead atoms. The standard InChI is InChI=1S/C23H25FN6O3/c24-23(14-5-2-1-3-6-14)11-18(23)29-22(33)17-7-4-10-30(17)19(31)13-28-16-12-27-9-8-15(16)20(25)21(26)32/h1-3,5-6,8-9,12,17-18,25,28H,4,7,10-11,13H2,(H2,26,32)(H,29,33)/p+1/t17-,18?,23-/m0/s1. The molecule has 0 spiro atoms. The van der Waals surface area contributed by atoms with Gasteiger partial charge in [0.2, 0.25) is 11.8 Å². The molecule has 1 aromatic carbocycles. The van der Waals surface area contributed by atoms with Crippen molar-refractivity contribution in [3.8, 4) is 0 Å². The predicted molar refractivity (Wildman–Crippen MR) is 118 cm³/mol. The Morgan fingerprint density at radius 2 is 2.00 bits per heavy atom. The normalized spacial score (nSPS) is 23.6. The van der Waals surface area contributed by atoms with Gasteiger partial charge in [0.1, 0.15) is 6.04 Å². The maximum absolute atomic E-state index is 15.1. The van der Waals surface area contributed by atoms with Crippen LogP contribution in [0.4, 0.5) is 10.1 Å². The fourth-order valence-corrected chi connectivity index (χ4v) is 4.22. The number of rotatable bonds is 8. The monoisotopic (exact) mass is 453 g/mol. The zero-order chi connectivity index (χ0) is 23.6. The van der Waals surface area contributed by atoms with Crippen LogP contribution in [0, 0.1) is 0 Å². The van der Waals surface area contributed by atoms with Gasteiger partial charge in [0, 0.05) is 19.2 Å². The molecule has 2 aliphatic rings. The van der Waals surface area contributed by atoms with Crippen molar-refractivity contribution in [3.63, 3.8) is 0 Å². The van der Waals surface area contributed by atoms with E-state index >= 15 is 4.39 Å². The highest BCUT2D eigenvalue weighted by molar-refractivity contribution is 6.43. The van der Waals surface area contributed by atoms with E-state index in [2.05, 4.69) is 15.6 Å². The van der Waals surface area contributed by atoms with Gasteiger partial charge in [-0.2, -0.15) is 0 Å². The summed E-state index contributed by atoms with van der Waals surface area (Å²) in [6.45, 7) is 0.299. The van der Waals surface area contributed by atoms with Crippen LogP contribution in [0.1, 0.15) is 30.4 Å². The number of hydrogen-bond acceptors (Lipinski definition) is 5. The second-order valence-electron chi connectivity index (χ2n) is 8.29. The summed E-state index contributed by atoms with van der Waals surface area (Å²) in [4.78, 5) is 42.6. The van der Waals surface area contributed by atoms with Crippen molar-refractivity contribution in [3.05, 3.63) is 59.9 Å². The number of anilines is 1. The van der Waals surface area contributed by atoms with Crippen LogP contribution in [0.25, 0.3) is 0 Å². The zero-order valence-electron chi connectivity index (χ0n) is 18.0. The summed E-state index contributed by atoms with van der Waals surface area (Å²) in [5, 5.41) is 11.4. The molecule has 1 saturated heterocycles. The first-order valence-electron chi connectivity index (χ1n) is 10.8. The summed E-state index contributed by atoms with van der Waals surface area (Å²) in [5.41, 5.74) is 4.79. The van der Waals surface area contributed by atoms with Gasteiger partial charge in [0.25, 0.3) is 5.71 Å². The fourth-order valence-electron chi connectivity index (χ4n) is 4.22. The number of amides is 3. The number of carbonyl (C=O) groups excluding carboxylic acids is 3. The lowest BCUT2D eigenvalue weighted by molar-refractivity contribution is -0.137. The summed E-state index contributed by atoms with van der Waals surface area (Å²) < 4.78 is 15.1. The van der Waals surface area contributed by atoms with Crippen molar-refractivity contribution in [1.82, 2.24) is 15.2 Å². The van der Waals surface area contributed by atoms with Gasteiger partial charge in [-0.05, 0) is 24.5 Å². The predicted octanol–water partition coefficient (Wildman–Crippen LogP) is -0.728. The number of likely N-dealkylation sites (tertiary alicyclic amines) is 1. The Kier molecular flexibility index (Phi) is 6.08. The van der Waals surface area contributed by atoms with Crippen molar-refractivity contribution < 1.29 is 24.2 Å². The molecule has 1 aliphatic heterocycles. The number of nitrogens with two attached hydrogens (primary N) is 2. The van der Waals surface area contributed by atoms with E-state index in [0.29, 0.717) is 36.2 Å². The lowest BCUT2D eigenvalue weighted by Crippen LogP contribution is -2.49. The lowest BCUT2D eigenvalue weighted by atomic mass is 10.1. The van der Waals surface area contributed by atoms with Crippen molar-refractivity contribution in [2.24, 2.45) is 5.73 Å². The molecule has 1 aromatic heterocycles. The largest absolute Gasteiger partial charge is 0.374 e. The topological polar surface area (TPSA) is 143 Å². The maximum atomic E-state index is 15.1. The SMILES string of the molecule is NC(=O)C(=[NH2+])c1ccncc1NCC(=O)N1CCC[C@H]1C(=O)NC1C[C@]1(F)c1ccccc1. The highest BCUT2D eigenvalue weighted by Gasteiger charge is 2.58. The average molecular weight is 453 g/mol. The van der Waals surface area contributed by atoms with E-state index in [9.17, 15) is 14.4 Å². The van der Waals surface area contributed by atoms with Crippen LogP contribution in [-0.2, 0) is 20.1 Å². The number of nitrogens with zero attached hydrogens (tertiary/aromatic N) is 2. The molecule has 2 heterocycles. The molecule has 1 unspecified atom stereocenters. The lowest BCUT2D eigenvalue weighted by Gasteiger charge is -2.24. The molecule has 3 amide bonds. The van der Waals surface area contributed by atoms with Crippen LogP contribution < -0.4 is 21.8 Å². The summed E-state index contributed by atoms with van der Waals surface area (Å²) in [6, 6.07) is 9.01. The third-order valence-electron chi connectivity index (χ3n) is 6.15. The van der Waals surface area contributed by atoms with Crippen molar-refractivity contribution >= 4 is 29.1 Å². The maximum Gasteiger partial charge on any atom is 0.313 e. The number of pyridine rings is 1. The van der Waals surface area contributed by atoms with Crippen molar-refractivity contribution in [1.29, 1.82) is 0 Å². The van der Waals surface area contributed by atoms with Gasteiger partial charge in [-0.25, -0.2) is 9.80 Å². The number of nitrogens with one attached hydrogen (secondary N) is 2. The first-order chi connectivity index (χ1) is 15.8. The van der Waals surface area contributed by atoms with Gasteiger partial charge in [0.05, 0.1) is 30.0 Å². The van der Waals surface area contributed by atoms with E-state index < -0.39 is 23.7 Å². The Hall–Kier alpha value is -3.82. The molecule has 172 valence electrons. The highest BCUT2D eigenvalue weighted by Crippen LogP contribution is 2.49. The van der Waals surface area contributed by atoms with Gasteiger partial charge < -0.3 is 21.3 Å². The molecule has 4 rings (SSSR count). The molecule has 6 N–H and O–H groups in total. The molecule has 1 aliphatic carbocycles. The van der Waals surface area contributed by atoms with Gasteiger partial charge >= 0.3 is 5.91 Å². The average Bonchev–Trinajstić information content (AvgIpc) is 3.23. The van der Waals surface area contributed by atoms with Gasteiger partial charge in [0.15, 0.2) is 5.67 Å². The third kappa shape index (κ3) is 4.55. The van der Waals surface area contributed by atoms with Crippen LogP contribution in [0.5, 0.6) is 0 Å². The minimum absolute atomic E-state index is 0.130. The number of benzene rings is 1. The Labute approximate surface area is 190 Å². The van der Waals surface area contributed by atoms with E-state index in [1.807, 2.05) is 6.07 Å². The quantitative estimate of drug-likeness (QED) is 0.390. The molecular formula is C23H26FN6O3+. The number of primary amides is 1. The highest BCUT2D eigenvalue weighted by atomic mass is 19.1. The Morgan fingerprint density at radius 3 is 2.73 bits per heavy atom. The Balaban J connectivity index is 1.36. The molecular weight excluding hydrogens is 427 g/mol. The van der Waals surface area contributed by atoms with Gasteiger partial charge in [-0.1, -0.05) is 30.3 Å². The Bertz CT molecular complexity index is 1090. The van der Waals surface area contributed by atoms with E-state index in [0.717, 1.165) is 0 Å². The molecule has 33 heavy (non-hydrogen) atoms. The number of alkyl halides is 1. The molecule has 9 nitrogen and oxygen atoms in total. The van der Waals surface area contributed by atoms with Crippen molar-refractivity contribution in [2.75, 3.05) is 18.4 Å². The molecule has 10 heteroatoms. The van der Waals surface area contributed by atoms with Crippen LogP contribution in [-0.4, -0.2) is 58.5 Å². The molecule has 3 atom stereocenters. The molecule has 2 aromatic rings. The smallest absolute Gasteiger partial charge is 0.313 e. The summed E-state index contributed by atoms with van der Waals surface area (Å²) >= 11 is 0. The minimum Gasteiger partial charge on any atom is -0.374 e. The van der Waals surface area contributed by atoms with Gasteiger partial charge in [-0.3, -0.25) is 19.4 Å². The first kappa shape index (κ1) is 22.4. The summed E-state index contributed by atoms with van der Waals surface area (Å²) in [6.07, 6.45) is 4.29. The van der Waals surface area contributed by atoms with Gasteiger partial charge in [-0.15, -0.1) is 0 Å². The van der Waals surface area contributed by atoms with Crippen molar-refractivity contribution in [2.45, 2.75) is 37.0 Å². The number of halogens is 1. The number of hydrogen-bond donors (Lipinski definition) is 4. The first-order valence-corrected chi connectivity index (χ1v) is 10.8. The molecule has 1 saturated carbocycles. The molecule has 0 radical (unpaired) electrons. The third-order valence-corrected chi connectivity index (χ3v) is 6.15. The second-order valence-corrected chi connectivity index (χ2v) is 8.29. The number of aromatic nitrogens is 1. The van der Waals surface area contributed by atoms with Crippen LogP contribution in [0.3, 0.4) is 0 Å². The fraction of sp³-hybridized carbons (Fsp3) is 0.348. The second kappa shape index (κ2) is 8.97. The minimum atomic E-state index is -1.57. The van der Waals surface area contributed by atoms with Crippen LogP contribution >= 0.6 is 0 Å². The zero-order valence-corrected chi connectivity index (χ0v) is 18.0. The Morgan fingerprint density at radius 1 is 1.24 bits per heavy atom. The van der Waals surface area contributed by atoms with E-state index in [-0.39, 0.29) is 30.5 Å².